The summed E-state index contributed by atoms with van der Waals surface area (Å²) in [5.41, 5.74) is 3.64. The highest BCUT2D eigenvalue weighted by Gasteiger charge is 2.57. The summed E-state index contributed by atoms with van der Waals surface area (Å²) in [5, 5.41) is 7.73. The van der Waals surface area contributed by atoms with Crippen LogP contribution >= 0.6 is 0 Å². The lowest BCUT2D eigenvalue weighted by Crippen LogP contribution is -1.92. The predicted octanol–water partition coefficient (Wildman–Crippen LogP) is 3.52. The lowest BCUT2D eigenvalue weighted by molar-refractivity contribution is 0.112. The molecule has 3 aromatic rings. The summed E-state index contributed by atoms with van der Waals surface area (Å²) >= 11 is 0. The molecule has 1 aromatic carbocycles. The lowest BCUT2D eigenvalue weighted by atomic mass is 10.0. The minimum Gasteiger partial charge on any atom is -0.221 e. The van der Waals surface area contributed by atoms with Crippen LogP contribution in [0.2, 0.25) is 0 Å². The maximum atomic E-state index is 13.0. The summed E-state index contributed by atoms with van der Waals surface area (Å²) in [5.74, 6) is -3.11. The zero-order valence-electron chi connectivity index (χ0n) is 10.5. The van der Waals surface area contributed by atoms with Crippen molar-refractivity contribution in [2.24, 2.45) is 0 Å². The first-order valence-corrected chi connectivity index (χ1v) is 6.42. The van der Waals surface area contributed by atoms with Gasteiger partial charge in [0.05, 0.1) is 17.6 Å². The van der Waals surface area contributed by atoms with Crippen molar-refractivity contribution >= 4 is 5.52 Å². The molecule has 0 bridgehead atoms. The number of aromatic nitrogens is 3. The van der Waals surface area contributed by atoms with Gasteiger partial charge >= 0.3 is 0 Å². The number of hydrogen-bond donors (Lipinski definition) is 0. The molecule has 4 rings (SSSR count). The molecule has 1 atom stereocenters. The molecule has 0 radical (unpaired) electrons. The van der Waals surface area contributed by atoms with Crippen molar-refractivity contribution in [2.75, 3.05) is 0 Å². The number of nitrogens with zero attached hydrogens (tertiary/aromatic N) is 3. The van der Waals surface area contributed by atoms with Gasteiger partial charge in [0, 0.05) is 12.6 Å². The van der Waals surface area contributed by atoms with Gasteiger partial charge in [-0.25, -0.2) is 13.3 Å². The molecule has 0 amide bonds. The number of hydrogen-bond acceptors (Lipinski definition) is 2. The number of halogens is 2. The Bertz CT molecular complexity index is 777. The lowest BCUT2D eigenvalue weighted by Gasteiger charge is -2.04. The van der Waals surface area contributed by atoms with Crippen LogP contribution < -0.4 is 0 Å². The Balaban J connectivity index is 1.68. The first-order valence-electron chi connectivity index (χ1n) is 6.42. The van der Waals surface area contributed by atoms with Crippen LogP contribution in [0.4, 0.5) is 8.78 Å². The van der Waals surface area contributed by atoms with Gasteiger partial charge in [-0.2, -0.15) is 0 Å². The molecule has 20 heavy (non-hydrogen) atoms. The van der Waals surface area contributed by atoms with E-state index in [0.29, 0.717) is 5.56 Å². The van der Waals surface area contributed by atoms with E-state index >= 15 is 0 Å². The van der Waals surface area contributed by atoms with Crippen LogP contribution in [0, 0.1) is 0 Å². The monoisotopic (exact) mass is 271 g/mol. The zero-order valence-corrected chi connectivity index (χ0v) is 10.5. The van der Waals surface area contributed by atoms with Crippen LogP contribution in [-0.2, 0) is 0 Å². The average molecular weight is 271 g/mol. The molecular weight excluding hydrogens is 260 g/mol. The fourth-order valence-corrected chi connectivity index (χ4v) is 2.49. The Morgan fingerprint density at radius 2 is 1.85 bits per heavy atom. The predicted molar refractivity (Wildman–Crippen MR) is 70.7 cm³/mol. The highest BCUT2D eigenvalue weighted by Crippen LogP contribution is 2.55. The van der Waals surface area contributed by atoms with Crippen LogP contribution in [0.15, 0.2) is 48.8 Å². The molecule has 0 saturated heterocycles. The van der Waals surface area contributed by atoms with Gasteiger partial charge in [0.2, 0.25) is 0 Å². The van der Waals surface area contributed by atoms with E-state index in [0.717, 1.165) is 16.6 Å². The molecule has 1 fully saturated rings. The van der Waals surface area contributed by atoms with Gasteiger partial charge in [-0.05, 0) is 28.8 Å². The topological polar surface area (TPSA) is 30.2 Å². The molecule has 100 valence electrons. The van der Waals surface area contributed by atoms with Crippen LogP contribution in [0.3, 0.4) is 0 Å². The Morgan fingerprint density at radius 3 is 2.55 bits per heavy atom. The zero-order chi connectivity index (χ0) is 13.7. The van der Waals surface area contributed by atoms with Crippen LogP contribution in [0.1, 0.15) is 17.9 Å². The molecule has 0 N–H and O–H groups in total. The molecule has 5 heteroatoms. The second-order valence-electron chi connectivity index (χ2n) is 5.16. The van der Waals surface area contributed by atoms with Gasteiger partial charge in [-0.3, -0.25) is 0 Å². The van der Waals surface area contributed by atoms with E-state index in [4.69, 9.17) is 0 Å². The molecule has 0 unspecified atom stereocenters. The minimum atomic E-state index is -2.51. The normalized spacial score (nSPS) is 20.2. The molecule has 0 spiro atoms. The molecule has 3 nitrogen and oxygen atoms in total. The number of alkyl halides is 2. The van der Waals surface area contributed by atoms with Gasteiger partial charge in [0.15, 0.2) is 0 Å². The third-order valence-corrected chi connectivity index (χ3v) is 3.77. The molecule has 1 aliphatic carbocycles. The second kappa shape index (κ2) is 3.85. The van der Waals surface area contributed by atoms with Crippen molar-refractivity contribution in [1.82, 2.24) is 14.8 Å². The fraction of sp³-hybridized carbons (Fsp3) is 0.200. The highest BCUT2D eigenvalue weighted by molar-refractivity contribution is 5.68. The van der Waals surface area contributed by atoms with Gasteiger partial charge in [0.1, 0.15) is 0 Å². The molecule has 2 aromatic heterocycles. The van der Waals surface area contributed by atoms with E-state index in [9.17, 15) is 8.78 Å². The van der Waals surface area contributed by atoms with E-state index in [-0.39, 0.29) is 6.42 Å². The van der Waals surface area contributed by atoms with Crippen LogP contribution in [0.5, 0.6) is 0 Å². The van der Waals surface area contributed by atoms with Crippen molar-refractivity contribution in [3.8, 4) is 11.1 Å². The first-order chi connectivity index (χ1) is 9.63. The maximum absolute atomic E-state index is 13.0. The van der Waals surface area contributed by atoms with Gasteiger partial charge in [-0.15, -0.1) is 5.10 Å². The Hall–Kier alpha value is -2.30. The van der Waals surface area contributed by atoms with Crippen molar-refractivity contribution in [2.45, 2.75) is 18.3 Å². The number of benzene rings is 1. The Labute approximate surface area is 113 Å². The summed E-state index contributed by atoms with van der Waals surface area (Å²) in [6.07, 6.45) is 3.49. The van der Waals surface area contributed by atoms with Crippen LogP contribution in [-0.4, -0.2) is 20.7 Å². The summed E-state index contributed by atoms with van der Waals surface area (Å²) in [7, 11) is 0. The SMILES string of the molecule is FC1(F)C[C@H]1c1ccc(-c2ccn3nncc3c2)cc1. The maximum Gasteiger partial charge on any atom is 0.255 e. The summed E-state index contributed by atoms with van der Waals surface area (Å²) in [6.45, 7) is 0. The Morgan fingerprint density at radius 1 is 1.10 bits per heavy atom. The summed E-state index contributed by atoms with van der Waals surface area (Å²) < 4.78 is 27.7. The third-order valence-electron chi connectivity index (χ3n) is 3.77. The quantitative estimate of drug-likeness (QED) is 0.714. The smallest absolute Gasteiger partial charge is 0.221 e. The third kappa shape index (κ3) is 1.78. The van der Waals surface area contributed by atoms with Crippen molar-refractivity contribution in [3.05, 3.63) is 54.4 Å². The average Bonchev–Trinajstić information content (AvgIpc) is 2.88. The van der Waals surface area contributed by atoms with E-state index < -0.39 is 11.8 Å². The first kappa shape index (κ1) is 11.5. The van der Waals surface area contributed by atoms with E-state index in [1.54, 1.807) is 22.8 Å². The fourth-order valence-electron chi connectivity index (χ4n) is 2.49. The Kier molecular flexibility index (Phi) is 2.22. The molecule has 2 heterocycles. The summed E-state index contributed by atoms with van der Waals surface area (Å²) in [4.78, 5) is 0. The van der Waals surface area contributed by atoms with Crippen molar-refractivity contribution in [3.63, 3.8) is 0 Å². The largest absolute Gasteiger partial charge is 0.255 e. The molecular formula is C15H11F2N3. The number of fused-ring (bicyclic) bond motifs is 1. The molecule has 1 aliphatic rings. The van der Waals surface area contributed by atoms with Crippen molar-refractivity contribution < 1.29 is 8.78 Å². The van der Waals surface area contributed by atoms with Crippen molar-refractivity contribution in [1.29, 1.82) is 0 Å². The summed E-state index contributed by atoms with van der Waals surface area (Å²) in [6, 6.07) is 11.3. The highest BCUT2D eigenvalue weighted by atomic mass is 19.3. The standard InChI is InChI=1S/C15H11F2N3/c16-15(17)8-14(15)11-3-1-10(2-4-11)12-5-6-20-13(7-12)9-18-19-20/h1-7,9,14H,8H2/t14-/m0/s1. The van der Waals surface area contributed by atoms with Gasteiger partial charge < -0.3 is 0 Å². The second-order valence-corrected chi connectivity index (χ2v) is 5.16. The molecule has 1 saturated carbocycles. The van der Waals surface area contributed by atoms with Gasteiger partial charge in [0.25, 0.3) is 5.92 Å². The van der Waals surface area contributed by atoms with Crippen LogP contribution in [0.25, 0.3) is 16.6 Å². The molecule has 0 aliphatic heterocycles. The minimum absolute atomic E-state index is 0.0280. The number of pyridine rings is 1. The number of rotatable bonds is 2. The van der Waals surface area contributed by atoms with E-state index in [1.165, 1.54) is 0 Å². The van der Waals surface area contributed by atoms with Gasteiger partial charge in [-0.1, -0.05) is 29.5 Å². The van der Waals surface area contributed by atoms with E-state index in [1.807, 2.05) is 30.5 Å². The van der Waals surface area contributed by atoms with E-state index in [2.05, 4.69) is 10.3 Å².